The monoisotopic (exact) mass is 448 g/mol. The van der Waals surface area contributed by atoms with Crippen molar-refractivity contribution in [3.8, 4) is 0 Å². The number of sulfonamides is 1. The third-order valence-electron chi connectivity index (χ3n) is 5.37. The third kappa shape index (κ3) is 4.25. The molecule has 10 heteroatoms. The maximum Gasteiger partial charge on any atom is 0.268 e. The molecule has 1 aliphatic rings. The molecular weight excluding hydrogens is 426 g/mol. The average molecular weight is 448 g/mol. The zero-order valence-electron chi connectivity index (χ0n) is 16.9. The van der Waals surface area contributed by atoms with Crippen molar-refractivity contribution in [3.63, 3.8) is 0 Å². The first-order chi connectivity index (χ1) is 14.8. The van der Waals surface area contributed by atoms with Gasteiger partial charge in [-0.25, -0.2) is 26.4 Å². The molecule has 0 spiro atoms. The van der Waals surface area contributed by atoms with Gasteiger partial charge in [0, 0.05) is 24.0 Å². The number of hydrogen-bond acceptors (Lipinski definition) is 5. The summed E-state index contributed by atoms with van der Waals surface area (Å²) < 4.78 is 55.6. The molecule has 1 saturated heterocycles. The number of carbonyl (C=O) groups is 1. The van der Waals surface area contributed by atoms with Gasteiger partial charge in [0.15, 0.2) is 0 Å². The zero-order chi connectivity index (χ0) is 22.2. The van der Waals surface area contributed by atoms with E-state index in [1.807, 2.05) is 4.90 Å². The Morgan fingerprint density at radius 1 is 1.26 bits per heavy atom. The summed E-state index contributed by atoms with van der Waals surface area (Å²) in [5.74, 6) is -1.88. The number of nitrogens with zero attached hydrogens (tertiary/aromatic N) is 3. The second-order valence-electron chi connectivity index (χ2n) is 7.54. The quantitative estimate of drug-likeness (QED) is 0.625. The van der Waals surface area contributed by atoms with Crippen molar-refractivity contribution in [3.05, 3.63) is 65.5 Å². The number of benzene rings is 1. The van der Waals surface area contributed by atoms with Gasteiger partial charge in [0.25, 0.3) is 5.91 Å². The first-order valence-electron chi connectivity index (χ1n) is 10.0. The van der Waals surface area contributed by atoms with Gasteiger partial charge in [0.1, 0.15) is 11.6 Å². The SMILES string of the molecule is CCCS(=O)(=O)NC(=O)c1cnn2ccc(N3CCCC3c3cc(F)ccc3F)cc12. The van der Waals surface area contributed by atoms with Crippen LogP contribution in [0.25, 0.3) is 5.52 Å². The van der Waals surface area contributed by atoms with Crippen LogP contribution in [0.3, 0.4) is 0 Å². The summed E-state index contributed by atoms with van der Waals surface area (Å²) in [7, 11) is -3.73. The van der Waals surface area contributed by atoms with Gasteiger partial charge < -0.3 is 4.90 Å². The number of nitrogens with one attached hydrogen (secondary N) is 1. The molecule has 1 atom stereocenters. The molecular formula is C21H22F2N4O3S. The molecule has 3 aromatic rings. The fourth-order valence-electron chi connectivity index (χ4n) is 4.01. The lowest BCUT2D eigenvalue weighted by Gasteiger charge is -2.27. The summed E-state index contributed by atoms with van der Waals surface area (Å²) in [6.45, 7) is 2.34. The van der Waals surface area contributed by atoms with Crippen LogP contribution in [0, 0.1) is 11.6 Å². The van der Waals surface area contributed by atoms with E-state index >= 15 is 0 Å². The summed E-state index contributed by atoms with van der Waals surface area (Å²) in [6, 6.07) is 6.58. The minimum atomic E-state index is -3.73. The normalized spacial score (nSPS) is 16.7. The number of pyridine rings is 1. The van der Waals surface area contributed by atoms with E-state index in [1.165, 1.54) is 16.8 Å². The van der Waals surface area contributed by atoms with Gasteiger partial charge in [-0.05, 0) is 49.6 Å². The Bertz CT molecular complexity index is 1240. The summed E-state index contributed by atoms with van der Waals surface area (Å²) in [6.07, 6.45) is 4.80. The maximum absolute atomic E-state index is 14.4. The minimum Gasteiger partial charge on any atom is -0.364 e. The van der Waals surface area contributed by atoms with E-state index in [0.29, 0.717) is 30.6 Å². The summed E-state index contributed by atoms with van der Waals surface area (Å²) in [4.78, 5) is 14.5. The second kappa shape index (κ2) is 8.26. The molecule has 7 nitrogen and oxygen atoms in total. The van der Waals surface area contributed by atoms with Crippen LogP contribution >= 0.6 is 0 Å². The topological polar surface area (TPSA) is 83.8 Å². The van der Waals surface area contributed by atoms with Crippen molar-refractivity contribution < 1.29 is 22.0 Å². The molecule has 1 amide bonds. The van der Waals surface area contributed by atoms with Crippen molar-refractivity contribution in [1.29, 1.82) is 0 Å². The van der Waals surface area contributed by atoms with Gasteiger partial charge in [-0.3, -0.25) is 4.79 Å². The molecule has 1 fully saturated rings. The van der Waals surface area contributed by atoms with E-state index in [0.717, 1.165) is 18.6 Å². The summed E-state index contributed by atoms with van der Waals surface area (Å²) >= 11 is 0. The summed E-state index contributed by atoms with van der Waals surface area (Å²) in [5.41, 5.74) is 1.54. The number of amides is 1. The lowest BCUT2D eigenvalue weighted by molar-refractivity contribution is 0.0983. The minimum absolute atomic E-state index is 0.120. The van der Waals surface area contributed by atoms with Crippen LogP contribution in [0.15, 0.2) is 42.7 Å². The van der Waals surface area contributed by atoms with E-state index < -0.39 is 27.6 Å². The van der Waals surface area contributed by atoms with Gasteiger partial charge in [-0.2, -0.15) is 5.10 Å². The highest BCUT2D eigenvalue weighted by molar-refractivity contribution is 7.90. The van der Waals surface area contributed by atoms with Crippen LogP contribution in [0.4, 0.5) is 14.5 Å². The van der Waals surface area contributed by atoms with Gasteiger partial charge in [-0.15, -0.1) is 0 Å². The van der Waals surface area contributed by atoms with Crippen molar-refractivity contribution >= 4 is 27.1 Å². The van der Waals surface area contributed by atoms with Gasteiger partial charge >= 0.3 is 0 Å². The lowest BCUT2D eigenvalue weighted by atomic mass is 10.0. The first kappa shape index (κ1) is 21.2. The Morgan fingerprint density at radius 3 is 2.84 bits per heavy atom. The Hall–Kier alpha value is -3.01. The van der Waals surface area contributed by atoms with Crippen LogP contribution < -0.4 is 9.62 Å². The third-order valence-corrected chi connectivity index (χ3v) is 6.81. The molecule has 1 aliphatic heterocycles. The molecule has 4 rings (SSSR count). The highest BCUT2D eigenvalue weighted by atomic mass is 32.2. The van der Waals surface area contributed by atoms with E-state index in [-0.39, 0.29) is 22.9 Å². The standard InChI is InChI=1S/C21H22F2N4O3S/c1-2-10-31(29,30)25-21(28)17-13-24-27-9-7-15(12-20(17)27)26-8-3-4-19(26)16-11-14(22)5-6-18(16)23/h5-7,9,11-13,19H,2-4,8,10H2,1H3,(H,25,28). The largest absolute Gasteiger partial charge is 0.364 e. The van der Waals surface area contributed by atoms with Gasteiger partial charge in [0.05, 0.1) is 29.1 Å². The Kier molecular flexibility index (Phi) is 5.65. The molecule has 0 bridgehead atoms. The molecule has 164 valence electrons. The number of hydrogen-bond donors (Lipinski definition) is 1. The zero-order valence-corrected chi connectivity index (χ0v) is 17.7. The van der Waals surface area contributed by atoms with Crippen molar-refractivity contribution in [2.75, 3.05) is 17.2 Å². The molecule has 1 N–H and O–H groups in total. The Balaban J connectivity index is 1.68. The molecule has 31 heavy (non-hydrogen) atoms. The Morgan fingerprint density at radius 2 is 2.06 bits per heavy atom. The molecule has 1 unspecified atom stereocenters. The Labute approximate surface area is 178 Å². The molecule has 1 aromatic carbocycles. The molecule has 0 radical (unpaired) electrons. The van der Waals surface area contributed by atoms with Crippen molar-refractivity contribution in [2.45, 2.75) is 32.2 Å². The van der Waals surface area contributed by atoms with Crippen LogP contribution in [-0.2, 0) is 10.0 Å². The highest BCUT2D eigenvalue weighted by Crippen LogP contribution is 2.38. The predicted octanol–water partition coefficient (Wildman–Crippen LogP) is 3.42. The first-order valence-corrected chi connectivity index (χ1v) is 11.7. The second-order valence-corrected chi connectivity index (χ2v) is 9.38. The predicted molar refractivity (Wildman–Crippen MR) is 112 cm³/mol. The molecule has 0 saturated carbocycles. The number of carbonyl (C=O) groups excluding carboxylic acids is 1. The maximum atomic E-state index is 14.4. The fraction of sp³-hybridized carbons (Fsp3) is 0.333. The van der Waals surface area contributed by atoms with Gasteiger partial charge in [0.2, 0.25) is 10.0 Å². The molecule has 0 aliphatic carbocycles. The fourth-order valence-corrected chi connectivity index (χ4v) is 5.04. The smallest absolute Gasteiger partial charge is 0.268 e. The highest BCUT2D eigenvalue weighted by Gasteiger charge is 2.29. The van der Waals surface area contributed by atoms with Crippen LogP contribution in [0.2, 0.25) is 0 Å². The van der Waals surface area contributed by atoms with Crippen LogP contribution in [-0.4, -0.2) is 36.2 Å². The van der Waals surface area contributed by atoms with Crippen LogP contribution in [0.1, 0.15) is 48.1 Å². The van der Waals surface area contributed by atoms with E-state index in [2.05, 4.69) is 9.82 Å². The van der Waals surface area contributed by atoms with E-state index in [9.17, 15) is 22.0 Å². The number of rotatable bonds is 6. The van der Waals surface area contributed by atoms with Crippen molar-refractivity contribution in [2.24, 2.45) is 0 Å². The summed E-state index contributed by atoms with van der Waals surface area (Å²) in [5, 5.41) is 4.12. The van der Waals surface area contributed by atoms with Gasteiger partial charge in [-0.1, -0.05) is 6.92 Å². The van der Waals surface area contributed by atoms with E-state index in [1.54, 1.807) is 25.3 Å². The number of aromatic nitrogens is 2. The number of fused-ring (bicyclic) bond motifs is 1. The van der Waals surface area contributed by atoms with Crippen LogP contribution in [0.5, 0.6) is 0 Å². The average Bonchev–Trinajstić information content (AvgIpc) is 3.35. The molecule has 3 heterocycles. The number of anilines is 1. The molecule has 2 aromatic heterocycles. The van der Waals surface area contributed by atoms with E-state index in [4.69, 9.17) is 0 Å². The number of halogens is 2. The van der Waals surface area contributed by atoms with Crippen molar-refractivity contribution in [1.82, 2.24) is 14.3 Å². The lowest BCUT2D eigenvalue weighted by Crippen LogP contribution is -2.32.